The highest BCUT2D eigenvalue weighted by Gasteiger charge is 2.05. The van der Waals surface area contributed by atoms with Gasteiger partial charge in [-0.1, -0.05) is 25.1 Å². The first-order valence-electron chi connectivity index (χ1n) is 6.47. The van der Waals surface area contributed by atoms with Gasteiger partial charge in [0, 0.05) is 18.8 Å². The van der Waals surface area contributed by atoms with Crippen LogP contribution < -0.4 is 16.0 Å². The first-order chi connectivity index (χ1) is 9.15. The predicted octanol–water partition coefficient (Wildman–Crippen LogP) is 1.59. The summed E-state index contributed by atoms with van der Waals surface area (Å²) < 4.78 is 0. The number of nitrogens with one attached hydrogen (secondary N) is 3. The molecular formula is C14H22N4O. The molecule has 0 aliphatic rings. The van der Waals surface area contributed by atoms with Gasteiger partial charge in [0.15, 0.2) is 5.96 Å². The summed E-state index contributed by atoms with van der Waals surface area (Å²) in [5.41, 5.74) is 0.791. The summed E-state index contributed by atoms with van der Waals surface area (Å²) in [5, 5.41) is 8.98. The summed E-state index contributed by atoms with van der Waals surface area (Å²) in [7, 11) is 1.69. The number of guanidine groups is 1. The van der Waals surface area contributed by atoms with Crippen LogP contribution in [0, 0.1) is 0 Å². The van der Waals surface area contributed by atoms with Crippen molar-refractivity contribution in [3.8, 4) is 0 Å². The van der Waals surface area contributed by atoms with Gasteiger partial charge in [0.05, 0.1) is 6.54 Å². The molecule has 5 heteroatoms. The Morgan fingerprint density at radius 2 is 2.00 bits per heavy atom. The van der Waals surface area contributed by atoms with Crippen LogP contribution in [0.15, 0.2) is 35.3 Å². The van der Waals surface area contributed by atoms with Crippen molar-refractivity contribution in [2.45, 2.75) is 26.3 Å². The molecule has 0 aliphatic carbocycles. The van der Waals surface area contributed by atoms with Gasteiger partial charge >= 0.3 is 0 Å². The Labute approximate surface area is 114 Å². The average Bonchev–Trinajstić information content (AvgIpc) is 2.44. The Hall–Kier alpha value is -2.04. The van der Waals surface area contributed by atoms with Crippen LogP contribution in [0.1, 0.15) is 20.3 Å². The average molecular weight is 262 g/mol. The monoisotopic (exact) mass is 262 g/mol. The second-order valence-electron chi connectivity index (χ2n) is 4.29. The molecule has 0 aromatic heterocycles. The molecule has 1 rings (SSSR count). The molecule has 1 aromatic carbocycles. The van der Waals surface area contributed by atoms with Crippen LogP contribution in [0.25, 0.3) is 0 Å². The summed E-state index contributed by atoms with van der Waals surface area (Å²) in [6.45, 7) is 4.34. The standard InChI is InChI=1S/C14H22N4O/c1-4-11(2)17-14(15-3)16-10-13(19)18-12-8-6-5-7-9-12/h5-9,11H,4,10H2,1-3H3,(H,18,19)(H2,15,16,17). The van der Waals surface area contributed by atoms with Crippen molar-refractivity contribution in [3.05, 3.63) is 30.3 Å². The molecule has 0 heterocycles. The van der Waals surface area contributed by atoms with Crippen LogP contribution in [-0.4, -0.2) is 31.5 Å². The summed E-state index contributed by atoms with van der Waals surface area (Å²) in [6, 6.07) is 9.70. The maximum Gasteiger partial charge on any atom is 0.243 e. The number of hydrogen-bond acceptors (Lipinski definition) is 2. The SMILES string of the molecule is CCC(C)NC(=NC)NCC(=O)Nc1ccccc1. The molecule has 0 bridgehead atoms. The third-order valence-corrected chi connectivity index (χ3v) is 2.69. The van der Waals surface area contributed by atoms with E-state index in [1.165, 1.54) is 0 Å². The van der Waals surface area contributed by atoms with E-state index in [0.717, 1.165) is 12.1 Å². The summed E-state index contributed by atoms with van der Waals surface area (Å²) in [6.07, 6.45) is 0.997. The molecule has 19 heavy (non-hydrogen) atoms. The van der Waals surface area contributed by atoms with Gasteiger partial charge < -0.3 is 16.0 Å². The van der Waals surface area contributed by atoms with Gasteiger partial charge in [-0.05, 0) is 25.5 Å². The Bertz CT molecular complexity index is 417. The highest BCUT2D eigenvalue weighted by Crippen LogP contribution is 2.03. The van der Waals surface area contributed by atoms with Crippen molar-refractivity contribution in [2.24, 2.45) is 4.99 Å². The van der Waals surface area contributed by atoms with Crippen molar-refractivity contribution < 1.29 is 4.79 Å². The van der Waals surface area contributed by atoms with E-state index < -0.39 is 0 Å². The Balaban J connectivity index is 2.37. The lowest BCUT2D eigenvalue weighted by Gasteiger charge is -2.16. The van der Waals surface area contributed by atoms with Crippen LogP contribution in [0.3, 0.4) is 0 Å². The van der Waals surface area contributed by atoms with E-state index in [1.807, 2.05) is 30.3 Å². The van der Waals surface area contributed by atoms with Crippen molar-refractivity contribution in [3.63, 3.8) is 0 Å². The molecule has 0 radical (unpaired) electrons. The number of para-hydroxylation sites is 1. The van der Waals surface area contributed by atoms with E-state index in [-0.39, 0.29) is 12.5 Å². The van der Waals surface area contributed by atoms with Crippen LogP contribution >= 0.6 is 0 Å². The largest absolute Gasteiger partial charge is 0.354 e. The lowest BCUT2D eigenvalue weighted by Crippen LogP contribution is -2.44. The molecule has 1 unspecified atom stereocenters. The van der Waals surface area contributed by atoms with Crippen LogP contribution in [0.2, 0.25) is 0 Å². The molecule has 1 atom stereocenters. The zero-order valence-electron chi connectivity index (χ0n) is 11.7. The number of carbonyl (C=O) groups is 1. The molecule has 1 amide bonds. The van der Waals surface area contributed by atoms with Gasteiger partial charge in [-0.25, -0.2) is 0 Å². The van der Waals surface area contributed by atoms with E-state index in [4.69, 9.17) is 0 Å². The predicted molar refractivity (Wildman–Crippen MR) is 79.3 cm³/mol. The Kier molecular flexibility index (Phi) is 6.43. The van der Waals surface area contributed by atoms with Gasteiger partial charge in [0.25, 0.3) is 0 Å². The maximum atomic E-state index is 11.7. The molecule has 0 saturated heterocycles. The van der Waals surface area contributed by atoms with Gasteiger partial charge in [0.1, 0.15) is 0 Å². The van der Waals surface area contributed by atoms with Gasteiger partial charge in [-0.15, -0.1) is 0 Å². The summed E-state index contributed by atoms with van der Waals surface area (Å²) in [4.78, 5) is 15.8. The van der Waals surface area contributed by atoms with Crippen molar-refractivity contribution >= 4 is 17.6 Å². The van der Waals surface area contributed by atoms with Crippen LogP contribution in [-0.2, 0) is 4.79 Å². The molecule has 0 saturated carbocycles. The van der Waals surface area contributed by atoms with E-state index in [2.05, 4.69) is 34.8 Å². The van der Waals surface area contributed by atoms with Gasteiger partial charge in [-0.2, -0.15) is 0 Å². The van der Waals surface area contributed by atoms with E-state index in [1.54, 1.807) is 7.05 Å². The normalized spacial score (nSPS) is 12.7. The molecule has 0 aliphatic heterocycles. The highest BCUT2D eigenvalue weighted by atomic mass is 16.1. The minimum atomic E-state index is -0.0988. The number of rotatable bonds is 5. The minimum Gasteiger partial charge on any atom is -0.354 e. The maximum absolute atomic E-state index is 11.7. The van der Waals surface area contributed by atoms with Gasteiger partial charge in [-0.3, -0.25) is 9.79 Å². The molecule has 5 nitrogen and oxygen atoms in total. The topological polar surface area (TPSA) is 65.5 Å². The Morgan fingerprint density at radius 1 is 1.32 bits per heavy atom. The van der Waals surface area contributed by atoms with Crippen molar-refractivity contribution in [2.75, 3.05) is 18.9 Å². The zero-order chi connectivity index (χ0) is 14.1. The zero-order valence-corrected chi connectivity index (χ0v) is 11.7. The smallest absolute Gasteiger partial charge is 0.243 e. The number of benzene rings is 1. The molecule has 0 fully saturated rings. The quantitative estimate of drug-likeness (QED) is 0.557. The summed E-state index contributed by atoms with van der Waals surface area (Å²) in [5.74, 6) is 0.538. The van der Waals surface area contributed by atoms with E-state index in [9.17, 15) is 4.79 Å². The lowest BCUT2D eigenvalue weighted by atomic mass is 10.3. The fourth-order valence-corrected chi connectivity index (χ4v) is 1.42. The molecule has 104 valence electrons. The third-order valence-electron chi connectivity index (χ3n) is 2.69. The van der Waals surface area contributed by atoms with Crippen molar-refractivity contribution in [1.82, 2.24) is 10.6 Å². The fraction of sp³-hybridized carbons (Fsp3) is 0.429. The number of nitrogens with zero attached hydrogens (tertiary/aromatic N) is 1. The number of anilines is 1. The second-order valence-corrected chi connectivity index (χ2v) is 4.29. The summed E-state index contributed by atoms with van der Waals surface area (Å²) >= 11 is 0. The molecular weight excluding hydrogens is 240 g/mol. The van der Waals surface area contributed by atoms with Crippen LogP contribution in [0.4, 0.5) is 5.69 Å². The second kappa shape index (κ2) is 8.13. The van der Waals surface area contributed by atoms with Gasteiger partial charge in [0.2, 0.25) is 5.91 Å². The fourth-order valence-electron chi connectivity index (χ4n) is 1.42. The number of aliphatic imine (C=N–C) groups is 1. The number of carbonyl (C=O) groups excluding carboxylic acids is 1. The minimum absolute atomic E-state index is 0.0988. The Morgan fingerprint density at radius 3 is 2.58 bits per heavy atom. The molecule has 1 aromatic rings. The first kappa shape index (κ1) is 15.0. The highest BCUT2D eigenvalue weighted by molar-refractivity contribution is 5.94. The molecule has 0 spiro atoms. The third kappa shape index (κ3) is 5.90. The van der Waals surface area contributed by atoms with E-state index >= 15 is 0 Å². The lowest BCUT2D eigenvalue weighted by molar-refractivity contribution is -0.115. The first-order valence-corrected chi connectivity index (χ1v) is 6.47. The van der Waals surface area contributed by atoms with Crippen molar-refractivity contribution in [1.29, 1.82) is 0 Å². The number of hydrogen-bond donors (Lipinski definition) is 3. The van der Waals surface area contributed by atoms with E-state index in [0.29, 0.717) is 12.0 Å². The number of amides is 1. The van der Waals surface area contributed by atoms with Crippen LogP contribution in [0.5, 0.6) is 0 Å². The molecule has 3 N–H and O–H groups in total.